The van der Waals surface area contributed by atoms with Gasteiger partial charge < -0.3 is 10.6 Å². The van der Waals surface area contributed by atoms with Crippen LogP contribution in [-0.4, -0.2) is 29.9 Å². The van der Waals surface area contributed by atoms with E-state index >= 15 is 0 Å². The molecule has 1 rings (SSSR count). The fourth-order valence-corrected chi connectivity index (χ4v) is 1.32. The fraction of sp³-hybridized carbons (Fsp3) is 0.417. The van der Waals surface area contributed by atoms with E-state index in [1.54, 1.807) is 18.3 Å². The third-order valence-electron chi connectivity index (χ3n) is 2.19. The van der Waals surface area contributed by atoms with Gasteiger partial charge in [-0.05, 0) is 25.0 Å². The van der Waals surface area contributed by atoms with E-state index in [2.05, 4.69) is 15.6 Å². The molecule has 0 aliphatic heterocycles. The lowest BCUT2D eigenvalue weighted by molar-refractivity contribution is -0.118. The van der Waals surface area contributed by atoms with Gasteiger partial charge in [0.05, 0.1) is 5.56 Å². The minimum atomic E-state index is -0.113. The molecular formula is C12H17N3O2. The average molecular weight is 235 g/mol. The van der Waals surface area contributed by atoms with Crippen LogP contribution in [0.2, 0.25) is 0 Å². The Balaban J connectivity index is 2.11. The number of aromatic nitrogens is 1. The zero-order chi connectivity index (χ0) is 12.5. The van der Waals surface area contributed by atoms with Gasteiger partial charge in [0.2, 0.25) is 5.91 Å². The predicted molar refractivity (Wildman–Crippen MR) is 64.5 cm³/mol. The molecule has 0 atom stereocenters. The molecule has 92 valence electrons. The number of carbonyl (C=O) groups excluding carboxylic acids is 2. The number of amides is 2. The highest BCUT2D eigenvalue weighted by molar-refractivity contribution is 5.93. The summed E-state index contributed by atoms with van der Waals surface area (Å²) in [5.74, 6) is -0.137. The monoisotopic (exact) mass is 235 g/mol. The summed E-state index contributed by atoms with van der Waals surface area (Å²) in [7, 11) is 0. The molecule has 2 amide bonds. The highest BCUT2D eigenvalue weighted by atomic mass is 16.2. The highest BCUT2D eigenvalue weighted by Crippen LogP contribution is 1.95. The van der Waals surface area contributed by atoms with Crippen LogP contribution in [0, 0.1) is 0 Å². The first-order chi connectivity index (χ1) is 8.20. The van der Waals surface area contributed by atoms with Crippen LogP contribution in [0.25, 0.3) is 0 Å². The van der Waals surface area contributed by atoms with Crippen LogP contribution in [0.4, 0.5) is 0 Å². The molecule has 1 aromatic rings. The molecule has 5 nitrogen and oxygen atoms in total. The maximum atomic E-state index is 11.6. The summed E-state index contributed by atoms with van der Waals surface area (Å²) in [6.07, 6.45) is 4.86. The van der Waals surface area contributed by atoms with Gasteiger partial charge in [-0.3, -0.25) is 14.6 Å². The molecule has 0 saturated heterocycles. The number of pyridine rings is 1. The van der Waals surface area contributed by atoms with Crippen LogP contribution in [0.15, 0.2) is 24.5 Å². The highest BCUT2D eigenvalue weighted by Gasteiger charge is 2.03. The summed E-state index contributed by atoms with van der Waals surface area (Å²) in [6, 6.07) is 3.45. The molecule has 0 radical (unpaired) electrons. The van der Waals surface area contributed by atoms with E-state index in [9.17, 15) is 9.59 Å². The maximum absolute atomic E-state index is 11.6. The van der Waals surface area contributed by atoms with Crippen LogP contribution in [0.1, 0.15) is 30.1 Å². The van der Waals surface area contributed by atoms with E-state index in [4.69, 9.17) is 0 Å². The Morgan fingerprint density at radius 1 is 1.24 bits per heavy atom. The topological polar surface area (TPSA) is 71.1 Å². The first-order valence-corrected chi connectivity index (χ1v) is 5.63. The van der Waals surface area contributed by atoms with E-state index in [0.29, 0.717) is 18.7 Å². The van der Waals surface area contributed by atoms with E-state index in [1.165, 1.54) is 13.1 Å². The molecule has 0 aliphatic carbocycles. The Morgan fingerprint density at radius 3 is 2.53 bits per heavy atom. The van der Waals surface area contributed by atoms with Crippen molar-refractivity contribution in [2.24, 2.45) is 0 Å². The Kier molecular flexibility index (Phi) is 5.71. The molecule has 1 aromatic heterocycles. The molecule has 0 bridgehead atoms. The van der Waals surface area contributed by atoms with Crippen LogP contribution >= 0.6 is 0 Å². The van der Waals surface area contributed by atoms with Gasteiger partial charge in [-0.1, -0.05) is 0 Å². The maximum Gasteiger partial charge on any atom is 0.252 e. The molecule has 5 heteroatoms. The summed E-state index contributed by atoms with van der Waals surface area (Å²) >= 11 is 0. The average Bonchev–Trinajstić information content (AvgIpc) is 2.34. The number of hydrogen-bond acceptors (Lipinski definition) is 3. The van der Waals surface area contributed by atoms with Crippen molar-refractivity contribution in [2.75, 3.05) is 13.1 Å². The van der Waals surface area contributed by atoms with Gasteiger partial charge in [0.15, 0.2) is 0 Å². The SMILES string of the molecule is CC(=O)NCCCCNC(=O)c1cccnc1. The van der Waals surface area contributed by atoms with Gasteiger partial charge in [0.1, 0.15) is 0 Å². The normalized spacial score (nSPS) is 9.71. The molecule has 17 heavy (non-hydrogen) atoms. The van der Waals surface area contributed by atoms with Gasteiger partial charge >= 0.3 is 0 Å². The van der Waals surface area contributed by atoms with Crippen molar-refractivity contribution in [3.05, 3.63) is 30.1 Å². The largest absolute Gasteiger partial charge is 0.356 e. The van der Waals surface area contributed by atoms with Crippen molar-refractivity contribution >= 4 is 11.8 Å². The van der Waals surface area contributed by atoms with Gasteiger partial charge in [0, 0.05) is 32.4 Å². The number of nitrogens with zero attached hydrogens (tertiary/aromatic N) is 1. The standard InChI is InChI=1S/C12H17N3O2/c1-10(16)14-7-2-3-8-15-12(17)11-5-4-6-13-9-11/h4-6,9H,2-3,7-8H2,1H3,(H,14,16)(H,15,17). The van der Waals surface area contributed by atoms with Crippen molar-refractivity contribution in [1.29, 1.82) is 0 Å². The minimum absolute atomic E-state index is 0.0237. The lowest BCUT2D eigenvalue weighted by Gasteiger charge is -2.05. The van der Waals surface area contributed by atoms with Crippen LogP contribution in [0.5, 0.6) is 0 Å². The van der Waals surface area contributed by atoms with Gasteiger partial charge in [0.25, 0.3) is 5.91 Å². The third-order valence-corrected chi connectivity index (χ3v) is 2.19. The lowest BCUT2D eigenvalue weighted by Crippen LogP contribution is -2.26. The third kappa shape index (κ3) is 5.65. The number of carbonyl (C=O) groups is 2. The molecule has 0 aromatic carbocycles. The second-order valence-corrected chi connectivity index (χ2v) is 3.69. The fourth-order valence-electron chi connectivity index (χ4n) is 1.32. The Morgan fingerprint density at radius 2 is 1.94 bits per heavy atom. The van der Waals surface area contributed by atoms with E-state index in [0.717, 1.165) is 12.8 Å². The zero-order valence-corrected chi connectivity index (χ0v) is 9.90. The summed E-state index contributed by atoms with van der Waals surface area (Å²) in [6.45, 7) is 2.75. The van der Waals surface area contributed by atoms with Crippen molar-refractivity contribution in [3.63, 3.8) is 0 Å². The van der Waals surface area contributed by atoms with Crippen molar-refractivity contribution < 1.29 is 9.59 Å². The van der Waals surface area contributed by atoms with Crippen molar-refractivity contribution in [2.45, 2.75) is 19.8 Å². The predicted octanol–water partition coefficient (Wildman–Crippen LogP) is 0.728. The quantitative estimate of drug-likeness (QED) is 0.714. The molecule has 0 spiro atoms. The first-order valence-electron chi connectivity index (χ1n) is 5.63. The molecule has 2 N–H and O–H groups in total. The summed E-state index contributed by atoms with van der Waals surface area (Å²) < 4.78 is 0. The number of hydrogen-bond donors (Lipinski definition) is 2. The second-order valence-electron chi connectivity index (χ2n) is 3.69. The summed E-state index contributed by atoms with van der Waals surface area (Å²) in [5, 5.41) is 5.50. The van der Waals surface area contributed by atoms with Gasteiger partial charge in [-0.15, -0.1) is 0 Å². The van der Waals surface area contributed by atoms with Crippen molar-refractivity contribution in [3.8, 4) is 0 Å². The summed E-state index contributed by atoms with van der Waals surface area (Å²) in [5.41, 5.74) is 0.564. The van der Waals surface area contributed by atoms with Crippen LogP contribution in [0.3, 0.4) is 0 Å². The van der Waals surface area contributed by atoms with Gasteiger partial charge in [-0.2, -0.15) is 0 Å². The Hall–Kier alpha value is -1.91. The smallest absolute Gasteiger partial charge is 0.252 e. The zero-order valence-electron chi connectivity index (χ0n) is 9.90. The summed E-state index contributed by atoms with van der Waals surface area (Å²) in [4.78, 5) is 26.0. The number of nitrogens with one attached hydrogen (secondary N) is 2. The molecule has 0 fully saturated rings. The van der Waals surface area contributed by atoms with Crippen LogP contribution < -0.4 is 10.6 Å². The van der Waals surface area contributed by atoms with Gasteiger partial charge in [-0.25, -0.2) is 0 Å². The van der Waals surface area contributed by atoms with Crippen molar-refractivity contribution in [1.82, 2.24) is 15.6 Å². The van der Waals surface area contributed by atoms with Crippen LogP contribution in [-0.2, 0) is 4.79 Å². The number of unbranched alkanes of at least 4 members (excludes halogenated alkanes) is 1. The van der Waals surface area contributed by atoms with E-state index < -0.39 is 0 Å². The molecular weight excluding hydrogens is 218 g/mol. The van der Waals surface area contributed by atoms with E-state index in [-0.39, 0.29) is 11.8 Å². The molecule has 1 heterocycles. The Labute approximate surface area is 101 Å². The second kappa shape index (κ2) is 7.38. The van der Waals surface area contributed by atoms with E-state index in [1.807, 2.05) is 0 Å². The molecule has 0 unspecified atom stereocenters. The Bertz CT molecular complexity index is 365. The minimum Gasteiger partial charge on any atom is -0.356 e. The molecule has 0 saturated carbocycles. The molecule has 0 aliphatic rings. The first kappa shape index (κ1) is 13.2. The number of rotatable bonds is 6. The lowest BCUT2D eigenvalue weighted by atomic mass is 10.2.